The molecule has 312 valence electrons. The molecule has 0 aliphatic heterocycles. The molecular weight excluding hydrogens is 793 g/mol. The van der Waals surface area contributed by atoms with Gasteiger partial charge in [0, 0.05) is 59.7 Å². The van der Waals surface area contributed by atoms with Gasteiger partial charge in [0.2, 0.25) is 0 Å². The lowest BCUT2D eigenvalue weighted by Crippen LogP contribution is -2.27. The largest absolute Gasteiger partial charge is 0.311 e. The van der Waals surface area contributed by atoms with Gasteiger partial charge in [-0.1, -0.05) is 116 Å². The summed E-state index contributed by atoms with van der Waals surface area (Å²) in [7, 11) is 0. The monoisotopic (exact) mass is 844 g/mol. The van der Waals surface area contributed by atoms with Crippen LogP contribution in [0.4, 0.5) is 34.1 Å². The van der Waals surface area contributed by atoms with Crippen molar-refractivity contribution in [2.45, 2.75) is 63.7 Å². The predicted molar refractivity (Wildman–Crippen MR) is 272 cm³/mol. The molecular formula is C61H52N2S. The molecule has 9 aromatic rings. The number of hydrogen-bond acceptors (Lipinski definition) is 3. The molecule has 2 nitrogen and oxygen atoms in total. The number of hydrogen-bond donors (Lipinski definition) is 0. The Kier molecular flexibility index (Phi) is 8.50. The second kappa shape index (κ2) is 14.3. The molecule has 5 aliphatic rings. The molecule has 4 saturated carbocycles. The number of aryl methyl sites for hydroxylation is 1. The molecule has 0 radical (unpaired) electrons. The highest BCUT2D eigenvalue weighted by atomic mass is 32.1. The van der Waals surface area contributed by atoms with Gasteiger partial charge in [-0.25, -0.2) is 0 Å². The molecule has 0 spiro atoms. The first kappa shape index (κ1) is 38.1. The highest BCUT2D eigenvalue weighted by Crippen LogP contribution is 2.66. The predicted octanol–water partition coefficient (Wildman–Crippen LogP) is 17.4. The standard InChI is InChI=1S/C61H52N2S/c1-39-12-20-46(21-13-39)62(49-26-18-44(19-27-49)61-37-40-32-41(38-61)34-45(61)33-40)47-22-14-42(15-23-47)43-16-24-48(25-17-43)63(51-29-31-59-55(36-51)53-9-5-7-11-58(53)64-59)50-28-30-57-54(35-50)52-8-4-6-10-56(52)60(57,2)3/h4-31,35-36,40-41,45H,32-34,37-38H2,1-3H3. The number of thiophene rings is 1. The summed E-state index contributed by atoms with van der Waals surface area (Å²) in [6.07, 6.45) is 7.18. The van der Waals surface area contributed by atoms with E-state index in [1.807, 2.05) is 11.3 Å². The van der Waals surface area contributed by atoms with Crippen molar-refractivity contribution in [3.63, 3.8) is 0 Å². The van der Waals surface area contributed by atoms with Crippen LogP contribution in [0.1, 0.15) is 68.2 Å². The van der Waals surface area contributed by atoms with Gasteiger partial charge in [0.25, 0.3) is 0 Å². The van der Waals surface area contributed by atoms with E-state index in [0.717, 1.165) is 34.8 Å². The summed E-state index contributed by atoms with van der Waals surface area (Å²) in [4.78, 5) is 4.87. The Morgan fingerprint density at radius 2 is 0.969 bits per heavy atom. The summed E-state index contributed by atoms with van der Waals surface area (Å²) in [6.45, 7) is 6.88. The van der Waals surface area contributed by atoms with Gasteiger partial charge in [-0.3, -0.25) is 0 Å². The molecule has 0 N–H and O–H groups in total. The molecule has 2 atom stereocenters. The maximum absolute atomic E-state index is 2.47. The number of nitrogens with zero attached hydrogens (tertiary/aromatic N) is 2. The fraction of sp³-hybridized carbons (Fsp3) is 0.213. The van der Waals surface area contributed by atoms with Crippen LogP contribution in [0.2, 0.25) is 0 Å². The van der Waals surface area contributed by atoms with E-state index in [4.69, 9.17) is 0 Å². The van der Waals surface area contributed by atoms with Crippen LogP contribution in [0.5, 0.6) is 0 Å². The Labute approximate surface area is 381 Å². The molecule has 4 fully saturated rings. The van der Waals surface area contributed by atoms with Crippen LogP contribution >= 0.6 is 11.3 Å². The van der Waals surface area contributed by atoms with Crippen LogP contribution in [-0.4, -0.2) is 0 Å². The van der Waals surface area contributed by atoms with Crippen LogP contribution in [0.25, 0.3) is 42.4 Å². The zero-order chi connectivity index (χ0) is 42.7. The Morgan fingerprint density at radius 1 is 0.453 bits per heavy atom. The van der Waals surface area contributed by atoms with Crippen molar-refractivity contribution in [1.29, 1.82) is 0 Å². The molecule has 5 aliphatic carbocycles. The van der Waals surface area contributed by atoms with Crippen molar-refractivity contribution >= 4 is 65.6 Å². The Balaban J connectivity index is 0.851. The number of fused-ring (bicyclic) bond motifs is 6. The fourth-order valence-corrected chi connectivity index (χ4v) is 14.2. The first-order chi connectivity index (χ1) is 31.3. The van der Waals surface area contributed by atoms with Crippen molar-refractivity contribution in [3.05, 3.63) is 204 Å². The molecule has 1 aromatic heterocycles. The van der Waals surface area contributed by atoms with Gasteiger partial charge in [0.05, 0.1) is 0 Å². The normalized spacial score (nSPS) is 21.1. The quantitative estimate of drug-likeness (QED) is 0.150. The van der Waals surface area contributed by atoms with E-state index < -0.39 is 0 Å². The summed E-state index contributed by atoms with van der Waals surface area (Å²) in [5.74, 6) is 2.79. The van der Waals surface area contributed by atoms with Gasteiger partial charge in [-0.05, 0) is 186 Å². The van der Waals surface area contributed by atoms with Crippen molar-refractivity contribution < 1.29 is 0 Å². The van der Waals surface area contributed by atoms with Crippen molar-refractivity contribution in [1.82, 2.24) is 0 Å². The first-order valence-electron chi connectivity index (χ1n) is 23.4. The van der Waals surface area contributed by atoms with Crippen LogP contribution in [0.3, 0.4) is 0 Å². The lowest BCUT2D eigenvalue weighted by molar-refractivity contribution is 0.266. The third-order valence-electron chi connectivity index (χ3n) is 16.0. The molecule has 1 heterocycles. The molecule has 4 bridgehead atoms. The summed E-state index contributed by atoms with van der Waals surface area (Å²) in [6, 6.07) is 68.9. The van der Waals surface area contributed by atoms with Crippen molar-refractivity contribution in [3.8, 4) is 22.3 Å². The number of benzene rings is 8. The minimum atomic E-state index is -0.0447. The van der Waals surface area contributed by atoms with Crippen LogP contribution < -0.4 is 9.80 Å². The SMILES string of the molecule is Cc1ccc(N(c2ccc(-c3ccc(N(c4ccc5c(c4)-c4ccccc4C5(C)C)c4ccc5sc6ccccc6c5c4)cc3)cc2)c2ccc(C34CC5CC(CC3C5)C4)cc2)cc1. The molecule has 0 saturated heterocycles. The van der Waals surface area contributed by atoms with E-state index in [2.05, 4.69) is 213 Å². The van der Waals surface area contributed by atoms with Crippen molar-refractivity contribution in [2.75, 3.05) is 9.80 Å². The van der Waals surface area contributed by atoms with Gasteiger partial charge >= 0.3 is 0 Å². The molecule has 0 amide bonds. The molecule has 14 rings (SSSR count). The Morgan fingerprint density at radius 3 is 1.66 bits per heavy atom. The molecule has 3 heteroatoms. The Bertz CT molecular complexity index is 3230. The summed E-state index contributed by atoms with van der Waals surface area (Å²) in [5, 5.41) is 2.61. The van der Waals surface area contributed by atoms with Gasteiger partial charge in [0.1, 0.15) is 0 Å². The lowest BCUT2D eigenvalue weighted by Gasteiger charge is -2.34. The second-order valence-electron chi connectivity index (χ2n) is 20.0. The minimum absolute atomic E-state index is 0.0447. The van der Waals surface area contributed by atoms with E-state index in [9.17, 15) is 0 Å². The van der Waals surface area contributed by atoms with E-state index in [1.54, 1.807) is 5.56 Å². The van der Waals surface area contributed by atoms with Gasteiger partial charge in [-0.2, -0.15) is 0 Å². The summed E-state index contributed by atoms with van der Waals surface area (Å²) < 4.78 is 2.64. The van der Waals surface area contributed by atoms with E-state index in [1.165, 1.54) is 108 Å². The third kappa shape index (κ3) is 5.90. The van der Waals surface area contributed by atoms with Crippen molar-refractivity contribution in [2.24, 2.45) is 17.8 Å². The molecule has 2 unspecified atom stereocenters. The van der Waals surface area contributed by atoms with Crippen LogP contribution in [0, 0.1) is 24.7 Å². The maximum Gasteiger partial charge on any atom is 0.0468 e. The average Bonchev–Trinajstić information content (AvgIpc) is 3.98. The topological polar surface area (TPSA) is 6.48 Å². The maximum atomic E-state index is 2.47. The summed E-state index contributed by atoms with van der Waals surface area (Å²) >= 11 is 1.87. The zero-order valence-corrected chi connectivity index (χ0v) is 37.7. The number of rotatable bonds is 8. The summed E-state index contributed by atoms with van der Waals surface area (Å²) in [5.41, 5.74) is 18.1. The highest BCUT2D eigenvalue weighted by molar-refractivity contribution is 7.25. The average molecular weight is 845 g/mol. The third-order valence-corrected chi connectivity index (χ3v) is 17.2. The highest BCUT2D eigenvalue weighted by Gasteiger charge is 2.58. The Hall–Kier alpha value is -6.42. The lowest BCUT2D eigenvalue weighted by atomic mass is 9.71. The fourth-order valence-electron chi connectivity index (χ4n) is 13.1. The van der Waals surface area contributed by atoms with E-state index in [0.29, 0.717) is 5.41 Å². The van der Waals surface area contributed by atoms with Crippen LogP contribution in [-0.2, 0) is 10.8 Å². The second-order valence-corrected chi connectivity index (χ2v) is 21.1. The zero-order valence-electron chi connectivity index (χ0n) is 36.9. The van der Waals surface area contributed by atoms with E-state index >= 15 is 0 Å². The van der Waals surface area contributed by atoms with Crippen LogP contribution in [0.15, 0.2) is 182 Å². The molecule has 8 aromatic carbocycles. The van der Waals surface area contributed by atoms with Gasteiger partial charge in [-0.15, -0.1) is 11.3 Å². The van der Waals surface area contributed by atoms with Gasteiger partial charge in [0.15, 0.2) is 0 Å². The smallest absolute Gasteiger partial charge is 0.0468 e. The molecule has 64 heavy (non-hydrogen) atoms. The number of anilines is 6. The van der Waals surface area contributed by atoms with E-state index in [-0.39, 0.29) is 5.41 Å². The first-order valence-corrected chi connectivity index (χ1v) is 24.2. The van der Waals surface area contributed by atoms with Gasteiger partial charge < -0.3 is 9.80 Å². The minimum Gasteiger partial charge on any atom is -0.311 e.